The van der Waals surface area contributed by atoms with Gasteiger partial charge in [-0.25, -0.2) is 0 Å². The van der Waals surface area contributed by atoms with Crippen molar-refractivity contribution in [3.63, 3.8) is 0 Å². The van der Waals surface area contributed by atoms with E-state index in [2.05, 4.69) is 5.32 Å². The lowest BCUT2D eigenvalue weighted by Gasteiger charge is -2.26. The molecule has 2 atom stereocenters. The van der Waals surface area contributed by atoms with E-state index in [0.29, 0.717) is 29.8 Å². The van der Waals surface area contributed by atoms with Crippen LogP contribution < -0.4 is 15.0 Å². The van der Waals surface area contributed by atoms with E-state index in [1.165, 1.54) is 17.0 Å². The minimum atomic E-state index is -1.04. The second-order valence-electron chi connectivity index (χ2n) is 8.26. The lowest BCUT2D eigenvalue weighted by molar-refractivity contribution is -0.384. The molecular weight excluding hydrogens is 450 g/mol. The molecule has 0 spiro atoms. The minimum absolute atomic E-state index is 0.0261. The van der Waals surface area contributed by atoms with Crippen molar-refractivity contribution in [1.29, 1.82) is 0 Å². The number of hydrogen-bond acceptors (Lipinski definition) is 6. The van der Waals surface area contributed by atoms with Crippen LogP contribution in [0.15, 0.2) is 78.9 Å². The number of carbonyl (C=O) groups excluding carboxylic acids is 1. The third-order valence-corrected chi connectivity index (χ3v) is 5.88. The van der Waals surface area contributed by atoms with Gasteiger partial charge in [0.05, 0.1) is 17.2 Å². The fourth-order valence-electron chi connectivity index (χ4n) is 4.02. The molecule has 9 heteroatoms. The zero-order valence-electron chi connectivity index (χ0n) is 18.9. The molecule has 180 valence electrons. The number of non-ortho nitro benzene ring substituents is 1. The van der Waals surface area contributed by atoms with Crippen LogP contribution in [0.2, 0.25) is 0 Å². The van der Waals surface area contributed by atoms with Gasteiger partial charge in [0, 0.05) is 12.1 Å². The molecule has 3 aromatic rings. The van der Waals surface area contributed by atoms with Crippen molar-refractivity contribution in [3.05, 3.63) is 100 Å². The number of hydrogen-bond donors (Lipinski definition) is 2. The molecule has 0 aromatic heterocycles. The van der Waals surface area contributed by atoms with Crippen LogP contribution in [0.4, 0.5) is 11.4 Å². The lowest BCUT2D eigenvalue weighted by Crippen LogP contribution is -2.53. The van der Waals surface area contributed by atoms with Crippen molar-refractivity contribution < 1.29 is 24.4 Å². The van der Waals surface area contributed by atoms with Gasteiger partial charge >= 0.3 is 5.97 Å². The van der Waals surface area contributed by atoms with E-state index in [-0.39, 0.29) is 24.7 Å². The fourth-order valence-corrected chi connectivity index (χ4v) is 4.02. The molecule has 0 radical (unpaired) electrons. The topological polar surface area (TPSA) is 122 Å². The first-order valence-corrected chi connectivity index (χ1v) is 11.2. The molecule has 35 heavy (non-hydrogen) atoms. The van der Waals surface area contributed by atoms with Gasteiger partial charge in [-0.05, 0) is 36.1 Å². The summed E-state index contributed by atoms with van der Waals surface area (Å²) in [5.41, 5.74) is 2.22. The smallest absolute Gasteiger partial charge is 0.320 e. The Morgan fingerprint density at radius 1 is 1.06 bits per heavy atom. The molecule has 0 fully saturated rings. The van der Waals surface area contributed by atoms with Crippen LogP contribution in [0, 0.1) is 10.1 Å². The van der Waals surface area contributed by atoms with Gasteiger partial charge in [-0.15, -0.1) is 0 Å². The van der Waals surface area contributed by atoms with Gasteiger partial charge in [0.15, 0.2) is 0 Å². The number of carboxylic acids is 1. The number of carboxylic acid groups (broad SMARTS) is 1. The third kappa shape index (κ3) is 5.82. The van der Waals surface area contributed by atoms with Crippen LogP contribution in [0.25, 0.3) is 0 Å². The Kier molecular flexibility index (Phi) is 7.37. The highest BCUT2D eigenvalue weighted by Crippen LogP contribution is 2.32. The molecule has 1 heterocycles. The summed E-state index contributed by atoms with van der Waals surface area (Å²) in [6, 6.07) is 20.8. The van der Waals surface area contributed by atoms with E-state index < -0.39 is 23.0 Å². The third-order valence-electron chi connectivity index (χ3n) is 5.88. The number of aryl methyl sites for hydroxylation is 1. The maximum atomic E-state index is 13.6. The van der Waals surface area contributed by atoms with Gasteiger partial charge in [0.25, 0.3) is 5.69 Å². The highest BCUT2D eigenvalue weighted by molar-refractivity contribution is 5.99. The van der Waals surface area contributed by atoms with Gasteiger partial charge in [-0.3, -0.25) is 25.0 Å². The Morgan fingerprint density at radius 3 is 2.43 bits per heavy atom. The summed E-state index contributed by atoms with van der Waals surface area (Å²) in [6.45, 7) is 0.124. The first-order chi connectivity index (χ1) is 16.9. The van der Waals surface area contributed by atoms with Crippen molar-refractivity contribution in [2.45, 2.75) is 31.5 Å². The summed E-state index contributed by atoms with van der Waals surface area (Å²) >= 11 is 0. The van der Waals surface area contributed by atoms with Crippen LogP contribution in [-0.2, 0) is 22.6 Å². The zero-order chi connectivity index (χ0) is 24.8. The summed E-state index contributed by atoms with van der Waals surface area (Å²) < 4.78 is 5.89. The SMILES string of the molecule is O=C(O)[C@H](CCc1ccccc1)N[C@H]1COc2ccccc2N(Cc2ccc([N+](=O)[O-])cc2)C1=O. The highest BCUT2D eigenvalue weighted by atomic mass is 16.6. The molecule has 0 saturated heterocycles. The number of ether oxygens (including phenoxy) is 1. The number of amides is 1. The number of carbonyl (C=O) groups is 2. The number of rotatable bonds is 9. The Balaban J connectivity index is 1.55. The molecule has 0 saturated carbocycles. The van der Waals surface area contributed by atoms with E-state index in [4.69, 9.17) is 4.74 Å². The molecule has 4 rings (SSSR count). The fraction of sp³-hybridized carbons (Fsp3) is 0.231. The van der Waals surface area contributed by atoms with Crippen molar-refractivity contribution in [3.8, 4) is 5.75 Å². The zero-order valence-corrected chi connectivity index (χ0v) is 18.9. The second-order valence-corrected chi connectivity index (χ2v) is 8.26. The van der Waals surface area contributed by atoms with Crippen molar-refractivity contribution in [2.24, 2.45) is 0 Å². The van der Waals surface area contributed by atoms with Gasteiger partial charge in [0.1, 0.15) is 24.4 Å². The Bertz CT molecular complexity index is 1200. The number of nitro groups is 1. The van der Waals surface area contributed by atoms with Gasteiger partial charge < -0.3 is 14.7 Å². The van der Waals surface area contributed by atoms with E-state index >= 15 is 0 Å². The predicted molar refractivity (Wildman–Crippen MR) is 129 cm³/mol. The van der Waals surface area contributed by atoms with E-state index in [1.54, 1.807) is 36.4 Å². The average molecular weight is 476 g/mol. The van der Waals surface area contributed by atoms with Crippen LogP contribution in [0.1, 0.15) is 17.5 Å². The first kappa shape index (κ1) is 23.9. The van der Waals surface area contributed by atoms with Crippen molar-refractivity contribution in [1.82, 2.24) is 5.32 Å². The summed E-state index contributed by atoms with van der Waals surface area (Å²) in [5, 5.41) is 23.8. The molecule has 1 aliphatic rings. The van der Waals surface area contributed by atoms with Gasteiger partial charge in [0.2, 0.25) is 5.91 Å². The molecule has 9 nitrogen and oxygen atoms in total. The summed E-state index contributed by atoms with van der Waals surface area (Å²) in [5.74, 6) is -0.875. The molecule has 0 unspecified atom stereocenters. The standard InChI is InChI=1S/C26H25N3O6/c30-25-22(27-21(26(31)32)15-12-18-6-2-1-3-7-18)17-35-24-9-5-4-8-23(24)28(25)16-19-10-13-20(14-11-19)29(33)34/h1-11,13-14,21-22,27H,12,15-17H2,(H,31,32)/t21-,22-/m0/s1. The number of anilines is 1. The van der Waals surface area contributed by atoms with Gasteiger partial charge in [-0.1, -0.05) is 54.6 Å². The largest absolute Gasteiger partial charge is 0.489 e. The molecule has 3 aromatic carbocycles. The van der Waals surface area contributed by atoms with E-state index in [0.717, 1.165) is 5.56 Å². The highest BCUT2D eigenvalue weighted by Gasteiger charge is 2.34. The van der Waals surface area contributed by atoms with Gasteiger partial charge in [-0.2, -0.15) is 0 Å². The molecule has 1 amide bonds. The number of aliphatic carboxylic acids is 1. The maximum absolute atomic E-state index is 13.6. The first-order valence-electron chi connectivity index (χ1n) is 11.2. The normalized spacial score (nSPS) is 16.1. The monoisotopic (exact) mass is 475 g/mol. The Labute approximate surface area is 202 Å². The van der Waals surface area contributed by atoms with Crippen LogP contribution in [-0.4, -0.2) is 40.6 Å². The molecule has 2 N–H and O–H groups in total. The quantitative estimate of drug-likeness (QED) is 0.358. The van der Waals surface area contributed by atoms with Crippen molar-refractivity contribution >= 4 is 23.3 Å². The van der Waals surface area contributed by atoms with Crippen LogP contribution >= 0.6 is 0 Å². The second kappa shape index (κ2) is 10.8. The summed E-state index contributed by atoms with van der Waals surface area (Å²) in [7, 11) is 0. The number of benzene rings is 3. The Hall–Kier alpha value is -4.24. The summed E-state index contributed by atoms with van der Waals surface area (Å²) in [4.78, 5) is 37.6. The number of fused-ring (bicyclic) bond motifs is 1. The molecule has 0 aliphatic carbocycles. The molecule has 1 aliphatic heterocycles. The Morgan fingerprint density at radius 2 is 1.74 bits per heavy atom. The van der Waals surface area contributed by atoms with Crippen LogP contribution in [0.3, 0.4) is 0 Å². The number of nitrogens with one attached hydrogen (secondary N) is 1. The maximum Gasteiger partial charge on any atom is 0.320 e. The van der Waals surface area contributed by atoms with E-state index in [1.807, 2.05) is 30.3 Å². The number of nitrogens with zero attached hydrogens (tertiary/aromatic N) is 2. The molecular formula is C26H25N3O6. The van der Waals surface area contributed by atoms with Crippen LogP contribution in [0.5, 0.6) is 5.75 Å². The predicted octanol–water partition coefficient (Wildman–Crippen LogP) is 3.56. The average Bonchev–Trinajstić information content (AvgIpc) is 2.99. The summed E-state index contributed by atoms with van der Waals surface area (Å²) in [6.07, 6.45) is 0.845. The van der Waals surface area contributed by atoms with E-state index in [9.17, 15) is 24.8 Å². The number of nitro benzene ring substituents is 1. The molecule has 0 bridgehead atoms. The lowest BCUT2D eigenvalue weighted by atomic mass is 10.0. The minimum Gasteiger partial charge on any atom is -0.489 e. The number of para-hydroxylation sites is 2. The van der Waals surface area contributed by atoms with Crippen molar-refractivity contribution in [2.75, 3.05) is 11.5 Å².